The van der Waals surface area contributed by atoms with Crippen molar-refractivity contribution in [3.05, 3.63) is 62.6 Å². The number of benzene rings is 2. The number of rotatable bonds is 6. The lowest BCUT2D eigenvalue weighted by molar-refractivity contribution is -0.275. The third-order valence-electron chi connectivity index (χ3n) is 5.08. The lowest BCUT2D eigenvalue weighted by Crippen LogP contribution is -2.42. The van der Waals surface area contributed by atoms with Crippen LogP contribution in [0.2, 0.25) is 15.1 Å². The third-order valence-corrected chi connectivity index (χ3v) is 5.84. The van der Waals surface area contributed by atoms with Gasteiger partial charge in [-0.1, -0.05) is 46.0 Å². The van der Waals surface area contributed by atoms with Crippen LogP contribution in [0.3, 0.4) is 0 Å². The lowest BCUT2D eigenvalue weighted by atomic mass is 9.86. The maximum absolute atomic E-state index is 14.2. The Hall–Kier alpha value is -2.37. The number of hydrogen-bond donors (Lipinski definition) is 1. The Balaban J connectivity index is 1.86. The number of nitrogens with one attached hydrogen (secondary N) is 1. The van der Waals surface area contributed by atoms with E-state index in [4.69, 9.17) is 39.6 Å². The first-order chi connectivity index (χ1) is 16.1. The molecular formula is C21H16Cl3F6N3O2. The second kappa shape index (κ2) is 9.94. The van der Waals surface area contributed by atoms with Crippen molar-refractivity contribution < 1.29 is 36.0 Å². The maximum atomic E-state index is 14.2. The van der Waals surface area contributed by atoms with E-state index in [1.54, 1.807) is 0 Å². The van der Waals surface area contributed by atoms with Crippen molar-refractivity contribution in [3.8, 4) is 0 Å². The van der Waals surface area contributed by atoms with Gasteiger partial charge in [-0.15, -0.1) is 0 Å². The van der Waals surface area contributed by atoms with Crippen LogP contribution < -0.4 is 10.4 Å². The molecule has 1 N–H and O–H groups in total. The van der Waals surface area contributed by atoms with Gasteiger partial charge in [0.1, 0.15) is 0 Å². The average molecular weight is 563 g/mol. The summed E-state index contributed by atoms with van der Waals surface area (Å²) in [6, 6.07) is 7.50. The van der Waals surface area contributed by atoms with E-state index in [0.29, 0.717) is 0 Å². The zero-order valence-corrected chi connectivity index (χ0v) is 20.0. The molecule has 0 aromatic heterocycles. The van der Waals surface area contributed by atoms with Gasteiger partial charge in [0.25, 0.3) is 5.60 Å². The topological polar surface area (TPSA) is 53.9 Å². The molecule has 1 aliphatic heterocycles. The molecule has 1 heterocycles. The summed E-state index contributed by atoms with van der Waals surface area (Å²) in [6.45, 7) is 0. The Morgan fingerprint density at radius 2 is 1.71 bits per heavy atom. The van der Waals surface area contributed by atoms with Crippen LogP contribution in [0.4, 0.5) is 32.0 Å². The van der Waals surface area contributed by atoms with Gasteiger partial charge < -0.3 is 4.84 Å². The minimum absolute atomic E-state index is 0.0233. The normalized spacial score (nSPS) is 18.2. The number of alkyl halides is 6. The van der Waals surface area contributed by atoms with E-state index in [0.717, 1.165) is 17.1 Å². The number of amides is 1. The van der Waals surface area contributed by atoms with Gasteiger partial charge in [-0.3, -0.25) is 15.2 Å². The summed E-state index contributed by atoms with van der Waals surface area (Å²) >= 11 is 17.9. The smallest absolute Gasteiger partial charge is 0.374 e. The third kappa shape index (κ3) is 6.25. The summed E-state index contributed by atoms with van der Waals surface area (Å²) in [5.41, 5.74) is -0.756. The van der Waals surface area contributed by atoms with Gasteiger partial charge in [0.2, 0.25) is 5.91 Å². The Bertz CT molecular complexity index is 1140. The molecule has 0 fully saturated rings. The Morgan fingerprint density at radius 1 is 1.09 bits per heavy atom. The Kier molecular flexibility index (Phi) is 7.73. The molecule has 0 saturated heterocycles. The molecule has 1 aliphatic rings. The Morgan fingerprint density at radius 3 is 2.29 bits per heavy atom. The fraction of sp³-hybridized carbons (Fsp3) is 0.333. The molecule has 3 rings (SSSR count). The molecule has 1 amide bonds. The average Bonchev–Trinajstić information content (AvgIpc) is 3.18. The largest absolute Gasteiger partial charge is 0.435 e. The second-order valence-corrected chi connectivity index (χ2v) is 8.94. The van der Waals surface area contributed by atoms with Crippen molar-refractivity contribution in [2.45, 2.75) is 37.2 Å². The molecule has 0 bridgehead atoms. The van der Waals surface area contributed by atoms with E-state index in [-0.39, 0.29) is 37.6 Å². The molecule has 0 saturated carbocycles. The minimum Gasteiger partial charge on any atom is -0.374 e. The zero-order chi connectivity index (χ0) is 26.2. The van der Waals surface area contributed by atoms with Crippen LogP contribution in [-0.2, 0) is 15.2 Å². The lowest BCUT2D eigenvalue weighted by Gasteiger charge is -2.29. The first kappa shape index (κ1) is 27.2. The van der Waals surface area contributed by atoms with E-state index in [9.17, 15) is 31.1 Å². The Labute approximate surface area is 210 Å². The molecule has 0 spiro atoms. The highest BCUT2D eigenvalue weighted by atomic mass is 35.5. The first-order valence-corrected chi connectivity index (χ1v) is 10.9. The number of anilines is 1. The predicted molar refractivity (Wildman–Crippen MR) is 120 cm³/mol. The number of carbonyl (C=O) groups excluding carboxylic acids is 1. The summed E-state index contributed by atoms with van der Waals surface area (Å²) < 4.78 is 79.6. The zero-order valence-electron chi connectivity index (χ0n) is 17.7. The van der Waals surface area contributed by atoms with Gasteiger partial charge in [-0.2, -0.15) is 26.3 Å². The molecule has 2 aromatic carbocycles. The van der Waals surface area contributed by atoms with Crippen LogP contribution in [0.25, 0.3) is 0 Å². The van der Waals surface area contributed by atoms with Crippen molar-refractivity contribution in [1.82, 2.24) is 5.43 Å². The summed E-state index contributed by atoms with van der Waals surface area (Å²) in [4.78, 5) is 16.8. The molecule has 0 aliphatic carbocycles. The summed E-state index contributed by atoms with van der Waals surface area (Å²) in [6.07, 6.45) is -12.3. The van der Waals surface area contributed by atoms with Gasteiger partial charge >= 0.3 is 12.4 Å². The molecule has 190 valence electrons. The first-order valence-electron chi connectivity index (χ1n) is 9.79. The number of halogens is 9. The van der Waals surface area contributed by atoms with Crippen molar-refractivity contribution >= 4 is 52.1 Å². The van der Waals surface area contributed by atoms with Crippen molar-refractivity contribution in [2.75, 3.05) is 12.1 Å². The standard InChI is InChI=1S/C21H16Cl3F6N3O2/c1-33(31-18(34)4-5-20(25,26)27)17-6-11(2-3-15(17)24)16-10-19(35-32-16,21(28,29)30)12-7-13(22)9-14(23)8-12/h2-3,6-9H,4-5,10H2,1H3,(H,31,34)/t19-/m1/s1. The highest BCUT2D eigenvalue weighted by molar-refractivity contribution is 6.34. The number of oxime groups is 1. The van der Waals surface area contributed by atoms with Crippen LogP contribution >= 0.6 is 34.8 Å². The quantitative estimate of drug-likeness (QED) is 0.304. The van der Waals surface area contributed by atoms with Crippen LogP contribution in [0.1, 0.15) is 30.4 Å². The second-order valence-electron chi connectivity index (χ2n) is 7.66. The fourth-order valence-corrected chi connectivity index (χ4v) is 4.12. The van der Waals surface area contributed by atoms with E-state index in [1.807, 2.05) is 0 Å². The molecular weight excluding hydrogens is 547 g/mol. The molecule has 2 aromatic rings. The van der Waals surface area contributed by atoms with Gasteiger partial charge in [-0.05, 0) is 30.3 Å². The van der Waals surface area contributed by atoms with E-state index < -0.39 is 43.1 Å². The van der Waals surface area contributed by atoms with Crippen LogP contribution in [-0.4, -0.2) is 31.0 Å². The molecule has 1 atom stereocenters. The van der Waals surface area contributed by atoms with Crippen LogP contribution in [0.5, 0.6) is 0 Å². The van der Waals surface area contributed by atoms with Gasteiger partial charge in [-0.25, -0.2) is 0 Å². The number of hydrogen-bond acceptors (Lipinski definition) is 4. The van der Waals surface area contributed by atoms with E-state index in [1.165, 1.54) is 31.3 Å². The molecule has 0 radical (unpaired) electrons. The molecule has 14 heteroatoms. The maximum Gasteiger partial charge on any atom is 0.435 e. The number of hydrazine groups is 1. The summed E-state index contributed by atoms with van der Waals surface area (Å²) in [7, 11) is 1.32. The summed E-state index contributed by atoms with van der Waals surface area (Å²) in [5, 5.41) is 4.74. The molecule has 0 unspecified atom stereocenters. The van der Waals surface area contributed by atoms with Gasteiger partial charge in [0, 0.05) is 41.1 Å². The minimum atomic E-state index is -4.90. The van der Waals surface area contributed by atoms with Crippen molar-refractivity contribution in [1.29, 1.82) is 0 Å². The van der Waals surface area contributed by atoms with Crippen LogP contribution in [0.15, 0.2) is 41.6 Å². The van der Waals surface area contributed by atoms with E-state index >= 15 is 0 Å². The molecule has 5 nitrogen and oxygen atoms in total. The van der Waals surface area contributed by atoms with Crippen molar-refractivity contribution in [3.63, 3.8) is 0 Å². The van der Waals surface area contributed by atoms with Crippen molar-refractivity contribution in [2.24, 2.45) is 5.16 Å². The monoisotopic (exact) mass is 561 g/mol. The molecule has 35 heavy (non-hydrogen) atoms. The van der Waals surface area contributed by atoms with Gasteiger partial charge in [0.05, 0.1) is 22.8 Å². The SMILES string of the molecule is CN(NC(=O)CCC(F)(F)F)c1cc(C2=NO[C@](c3cc(Cl)cc(Cl)c3)(C(F)(F)F)C2)ccc1Cl. The highest BCUT2D eigenvalue weighted by Gasteiger charge is 2.62. The van der Waals surface area contributed by atoms with Gasteiger partial charge in [0.15, 0.2) is 0 Å². The number of carbonyl (C=O) groups is 1. The van der Waals surface area contributed by atoms with Crippen LogP contribution in [0, 0.1) is 0 Å². The summed E-state index contributed by atoms with van der Waals surface area (Å²) in [5.74, 6) is -0.929. The fourth-order valence-electron chi connectivity index (χ4n) is 3.35. The highest BCUT2D eigenvalue weighted by Crippen LogP contribution is 2.50. The predicted octanol–water partition coefficient (Wildman–Crippen LogP) is 7.04. The van der Waals surface area contributed by atoms with E-state index in [2.05, 4.69) is 10.6 Å². The number of nitrogens with zero attached hydrogens (tertiary/aromatic N) is 2.